The summed E-state index contributed by atoms with van der Waals surface area (Å²) in [6.45, 7) is 6.58. The molecule has 1 aromatic rings. The van der Waals surface area contributed by atoms with Crippen LogP contribution in [0.4, 0.5) is 0 Å². The van der Waals surface area contributed by atoms with Gasteiger partial charge in [0, 0.05) is 23.4 Å². The average molecular weight is 274 g/mol. The fraction of sp³-hybridized carbons (Fsp3) is 0.533. The average Bonchev–Trinajstić information content (AvgIpc) is 2.70. The van der Waals surface area contributed by atoms with E-state index in [1.54, 1.807) is 18.5 Å². The number of carbonyl (C=O) groups excluding carboxylic acids is 1. The van der Waals surface area contributed by atoms with Crippen molar-refractivity contribution in [2.45, 2.75) is 38.8 Å². The minimum absolute atomic E-state index is 0.0774. The Bertz CT molecular complexity index is 553. The summed E-state index contributed by atoms with van der Waals surface area (Å²) in [6, 6.07) is 1.80. The molecule has 2 aliphatic carbocycles. The first-order valence-electron chi connectivity index (χ1n) is 6.65. The fourth-order valence-electron chi connectivity index (χ4n) is 3.53. The first-order valence-corrected chi connectivity index (χ1v) is 7.53. The number of nitrogens with zero attached hydrogens (tertiary/aromatic N) is 2. The van der Waals surface area contributed by atoms with Crippen LogP contribution in [0, 0.1) is 16.7 Å². The molecule has 100 valence electrons. The van der Waals surface area contributed by atoms with Gasteiger partial charge in [0.2, 0.25) is 0 Å². The molecule has 0 saturated heterocycles. The molecule has 19 heavy (non-hydrogen) atoms. The molecule has 0 radical (unpaired) electrons. The maximum atomic E-state index is 12.6. The SMILES string of the molecule is CC12CCC(/C(=C/Sc3ncccn3)C1=O)C2(C)C. The predicted molar refractivity (Wildman–Crippen MR) is 75.6 cm³/mol. The largest absolute Gasteiger partial charge is 0.294 e. The van der Waals surface area contributed by atoms with Gasteiger partial charge in [0.15, 0.2) is 10.9 Å². The van der Waals surface area contributed by atoms with E-state index >= 15 is 0 Å². The van der Waals surface area contributed by atoms with Gasteiger partial charge in [0.1, 0.15) is 0 Å². The van der Waals surface area contributed by atoms with E-state index in [2.05, 4.69) is 30.7 Å². The minimum Gasteiger partial charge on any atom is -0.294 e. The highest BCUT2D eigenvalue weighted by Gasteiger charge is 2.63. The van der Waals surface area contributed by atoms with E-state index < -0.39 is 0 Å². The van der Waals surface area contributed by atoms with Gasteiger partial charge in [-0.1, -0.05) is 32.5 Å². The molecule has 2 saturated carbocycles. The number of thioether (sulfide) groups is 1. The number of allylic oxidation sites excluding steroid dienone is 1. The number of hydrogen-bond acceptors (Lipinski definition) is 4. The van der Waals surface area contributed by atoms with E-state index in [0.717, 1.165) is 18.4 Å². The molecule has 0 spiro atoms. The third-order valence-corrected chi connectivity index (χ3v) is 5.99. The summed E-state index contributed by atoms with van der Waals surface area (Å²) in [5, 5.41) is 2.68. The Balaban J connectivity index is 1.89. The molecule has 4 heteroatoms. The highest BCUT2D eigenvalue weighted by Crippen LogP contribution is 2.65. The van der Waals surface area contributed by atoms with Crippen molar-refractivity contribution in [1.82, 2.24) is 9.97 Å². The lowest BCUT2D eigenvalue weighted by atomic mass is 9.70. The van der Waals surface area contributed by atoms with Crippen molar-refractivity contribution < 1.29 is 4.79 Å². The Kier molecular flexibility index (Phi) is 2.82. The first kappa shape index (κ1) is 12.9. The number of hydrogen-bond donors (Lipinski definition) is 0. The zero-order chi connectivity index (χ0) is 13.7. The molecule has 2 aliphatic rings. The Morgan fingerprint density at radius 1 is 1.32 bits per heavy atom. The molecular formula is C15H18N2OS. The van der Waals surface area contributed by atoms with Crippen LogP contribution < -0.4 is 0 Å². The second-order valence-electron chi connectivity index (χ2n) is 6.20. The zero-order valence-corrected chi connectivity index (χ0v) is 12.3. The minimum atomic E-state index is -0.179. The first-order chi connectivity index (χ1) is 8.97. The topological polar surface area (TPSA) is 42.9 Å². The van der Waals surface area contributed by atoms with Crippen molar-refractivity contribution in [3.05, 3.63) is 29.4 Å². The Morgan fingerprint density at radius 2 is 2.00 bits per heavy atom. The number of carbonyl (C=O) groups is 1. The van der Waals surface area contributed by atoms with E-state index in [4.69, 9.17) is 0 Å². The lowest BCUT2D eigenvalue weighted by Crippen LogP contribution is -2.32. The lowest BCUT2D eigenvalue weighted by molar-refractivity contribution is -0.125. The predicted octanol–water partition coefficient (Wildman–Crippen LogP) is 3.48. The summed E-state index contributed by atoms with van der Waals surface area (Å²) in [7, 11) is 0. The smallest absolute Gasteiger partial charge is 0.191 e. The Labute approximate surface area is 117 Å². The number of Topliss-reactive ketones (excluding diaryl/α,β-unsaturated/α-hetero) is 1. The number of aromatic nitrogens is 2. The third kappa shape index (κ3) is 1.69. The van der Waals surface area contributed by atoms with Crippen molar-refractivity contribution in [3.63, 3.8) is 0 Å². The summed E-state index contributed by atoms with van der Waals surface area (Å²) >= 11 is 1.46. The van der Waals surface area contributed by atoms with Crippen LogP contribution in [0.15, 0.2) is 34.6 Å². The van der Waals surface area contributed by atoms with Crippen molar-refractivity contribution in [1.29, 1.82) is 0 Å². The summed E-state index contributed by atoms with van der Waals surface area (Å²) in [4.78, 5) is 21.0. The summed E-state index contributed by atoms with van der Waals surface area (Å²) in [5.41, 5.74) is 0.881. The second-order valence-corrected chi connectivity index (χ2v) is 7.03. The van der Waals surface area contributed by atoms with Crippen molar-refractivity contribution in [2.75, 3.05) is 0 Å². The van der Waals surface area contributed by atoms with Crippen LogP contribution in [-0.4, -0.2) is 15.8 Å². The quantitative estimate of drug-likeness (QED) is 0.470. The zero-order valence-electron chi connectivity index (χ0n) is 11.5. The molecular weight excluding hydrogens is 256 g/mol. The van der Waals surface area contributed by atoms with Crippen LogP contribution in [0.5, 0.6) is 0 Å². The van der Waals surface area contributed by atoms with Crippen LogP contribution >= 0.6 is 11.8 Å². The number of rotatable bonds is 2. The molecule has 3 rings (SSSR count). The molecule has 2 unspecified atom stereocenters. The van der Waals surface area contributed by atoms with Crippen LogP contribution in [0.1, 0.15) is 33.6 Å². The molecule has 0 N–H and O–H groups in total. The van der Waals surface area contributed by atoms with E-state index in [-0.39, 0.29) is 10.8 Å². The van der Waals surface area contributed by atoms with Crippen LogP contribution in [0.25, 0.3) is 0 Å². The summed E-state index contributed by atoms with van der Waals surface area (Å²) < 4.78 is 0. The van der Waals surface area contributed by atoms with Crippen molar-refractivity contribution in [3.8, 4) is 0 Å². The van der Waals surface area contributed by atoms with Gasteiger partial charge in [-0.25, -0.2) is 9.97 Å². The van der Waals surface area contributed by atoms with Crippen LogP contribution in [0.2, 0.25) is 0 Å². The van der Waals surface area contributed by atoms with E-state index in [9.17, 15) is 4.79 Å². The third-order valence-electron chi connectivity index (χ3n) is 5.20. The lowest BCUT2D eigenvalue weighted by Gasteiger charge is -2.31. The molecule has 0 aliphatic heterocycles. The van der Waals surface area contributed by atoms with Gasteiger partial charge in [0.05, 0.1) is 0 Å². The molecule has 1 heterocycles. The van der Waals surface area contributed by atoms with Crippen molar-refractivity contribution >= 4 is 17.5 Å². The molecule has 2 bridgehead atoms. The monoisotopic (exact) mass is 274 g/mol. The molecule has 0 aromatic carbocycles. The Hall–Kier alpha value is -1.16. The molecule has 0 amide bonds. The fourth-order valence-corrected chi connectivity index (χ4v) is 4.27. The van der Waals surface area contributed by atoms with E-state index in [0.29, 0.717) is 16.9 Å². The standard InChI is InChI=1S/C15H18N2OS/c1-14(2)11-5-6-15(14,3)12(18)10(11)9-19-13-16-7-4-8-17-13/h4,7-9,11H,5-6H2,1-3H3/b10-9-. The van der Waals surface area contributed by atoms with Gasteiger partial charge < -0.3 is 0 Å². The number of fused-ring (bicyclic) bond motifs is 2. The van der Waals surface area contributed by atoms with Gasteiger partial charge in [-0.2, -0.15) is 0 Å². The molecule has 2 atom stereocenters. The maximum Gasteiger partial charge on any atom is 0.191 e. The highest BCUT2D eigenvalue weighted by molar-refractivity contribution is 8.02. The summed E-state index contributed by atoms with van der Waals surface area (Å²) in [6.07, 6.45) is 5.59. The van der Waals surface area contributed by atoms with Gasteiger partial charge in [0.25, 0.3) is 0 Å². The molecule has 2 fully saturated rings. The van der Waals surface area contributed by atoms with E-state index in [1.165, 1.54) is 11.8 Å². The normalized spacial score (nSPS) is 34.2. The van der Waals surface area contributed by atoms with Gasteiger partial charge in [-0.3, -0.25) is 4.79 Å². The molecule has 1 aromatic heterocycles. The highest BCUT2D eigenvalue weighted by atomic mass is 32.2. The second kappa shape index (κ2) is 4.17. The Morgan fingerprint density at radius 3 is 2.58 bits per heavy atom. The summed E-state index contributed by atoms with van der Waals surface area (Å²) in [5.74, 6) is 0.721. The van der Waals surface area contributed by atoms with Gasteiger partial charge in [-0.15, -0.1) is 0 Å². The van der Waals surface area contributed by atoms with Crippen LogP contribution in [0.3, 0.4) is 0 Å². The van der Waals surface area contributed by atoms with E-state index in [1.807, 2.05) is 5.41 Å². The van der Waals surface area contributed by atoms with Crippen LogP contribution in [-0.2, 0) is 4.79 Å². The van der Waals surface area contributed by atoms with Gasteiger partial charge >= 0.3 is 0 Å². The molecule has 3 nitrogen and oxygen atoms in total. The van der Waals surface area contributed by atoms with Gasteiger partial charge in [-0.05, 0) is 35.6 Å². The number of ketones is 1. The maximum absolute atomic E-state index is 12.6. The van der Waals surface area contributed by atoms with Crippen molar-refractivity contribution in [2.24, 2.45) is 16.7 Å².